The van der Waals surface area contributed by atoms with Crippen LogP contribution < -0.4 is 0 Å². The topological polar surface area (TPSA) is 23.6 Å². The number of carbonyl (C=O) groups excluding carboxylic acids is 1. The summed E-state index contributed by atoms with van der Waals surface area (Å²) in [6.45, 7) is 1.62. The van der Waals surface area contributed by atoms with Gasteiger partial charge in [0.2, 0.25) is 0 Å². The van der Waals surface area contributed by atoms with Gasteiger partial charge in [-0.3, -0.25) is 4.79 Å². The van der Waals surface area contributed by atoms with Gasteiger partial charge in [-0.1, -0.05) is 11.6 Å². The number of likely N-dealkylation sites (tertiary alicyclic amines) is 1. The summed E-state index contributed by atoms with van der Waals surface area (Å²) in [4.78, 5) is 16.1. The average molecular weight is 365 g/mol. The van der Waals surface area contributed by atoms with Gasteiger partial charge in [0.1, 0.15) is 0 Å². The summed E-state index contributed by atoms with van der Waals surface area (Å²) in [5.41, 5.74) is 0.719. The SMILES string of the molecule is CN(C)C1CN(C(=O)c2ccc(Cl)c(I)c2)C1. The third-order valence-electron chi connectivity index (χ3n) is 3.05. The van der Waals surface area contributed by atoms with Crippen LogP contribution in [-0.4, -0.2) is 48.9 Å². The first-order chi connectivity index (χ1) is 7.99. The van der Waals surface area contributed by atoms with Crippen molar-refractivity contribution < 1.29 is 4.79 Å². The fourth-order valence-electron chi connectivity index (χ4n) is 1.76. The molecule has 1 aromatic carbocycles. The van der Waals surface area contributed by atoms with Gasteiger partial charge in [0, 0.05) is 28.3 Å². The second kappa shape index (κ2) is 5.12. The monoisotopic (exact) mass is 364 g/mol. The van der Waals surface area contributed by atoms with E-state index < -0.39 is 0 Å². The normalized spacial score (nSPS) is 16.2. The Labute approximate surface area is 120 Å². The Morgan fingerprint density at radius 1 is 1.47 bits per heavy atom. The van der Waals surface area contributed by atoms with E-state index in [9.17, 15) is 4.79 Å². The van der Waals surface area contributed by atoms with Gasteiger partial charge in [-0.15, -0.1) is 0 Å². The Morgan fingerprint density at radius 3 is 2.65 bits per heavy atom. The first-order valence-corrected chi connectivity index (χ1v) is 6.85. The molecule has 0 radical (unpaired) electrons. The molecule has 92 valence electrons. The molecule has 2 rings (SSSR count). The molecule has 0 unspecified atom stereocenters. The zero-order chi connectivity index (χ0) is 12.6. The molecular formula is C12H14ClIN2O. The highest BCUT2D eigenvalue weighted by Crippen LogP contribution is 2.22. The van der Waals surface area contributed by atoms with Crippen molar-refractivity contribution >= 4 is 40.1 Å². The summed E-state index contributed by atoms with van der Waals surface area (Å²) < 4.78 is 0.916. The highest BCUT2D eigenvalue weighted by atomic mass is 127. The highest BCUT2D eigenvalue weighted by molar-refractivity contribution is 14.1. The summed E-state index contributed by atoms with van der Waals surface area (Å²) in [6.07, 6.45) is 0. The number of likely N-dealkylation sites (N-methyl/N-ethyl adjacent to an activating group) is 1. The van der Waals surface area contributed by atoms with E-state index in [1.165, 1.54) is 0 Å². The van der Waals surface area contributed by atoms with Crippen molar-refractivity contribution in [2.45, 2.75) is 6.04 Å². The maximum absolute atomic E-state index is 12.1. The van der Waals surface area contributed by atoms with E-state index in [1.807, 2.05) is 25.1 Å². The second-order valence-corrected chi connectivity index (χ2v) is 6.03. The third-order valence-corrected chi connectivity index (χ3v) is 4.59. The van der Waals surface area contributed by atoms with E-state index in [0.717, 1.165) is 22.2 Å². The minimum Gasteiger partial charge on any atom is -0.335 e. The van der Waals surface area contributed by atoms with Gasteiger partial charge in [0.05, 0.1) is 5.02 Å². The number of amides is 1. The van der Waals surface area contributed by atoms with E-state index >= 15 is 0 Å². The summed E-state index contributed by atoms with van der Waals surface area (Å²) in [7, 11) is 4.08. The fourth-order valence-corrected chi connectivity index (χ4v) is 2.39. The molecule has 17 heavy (non-hydrogen) atoms. The van der Waals surface area contributed by atoms with E-state index in [1.54, 1.807) is 12.1 Å². The maximum Gasteiger partial charge on any atom is 0.254 e. The molecule has 1 amide bonds. The number of nitrogens with zero attached hydrogens (tertiary/aromatic N) is 2. The molecule has 0 saturated carbocycles. The molecule has 1 aromatic rings. The molecule has 1 fully saturated rings. The van der Waals surface area contributed by atoms with Crippen LogP contribution in [0.1, 0.15) is 10.4 Å². The fraction of sp³-hybridized carbons (Fsp3) is 0.417. The molecule has 1 saturated heterocycles. The lowest BCUT2D eigenvalue weighted by molar-refractivity contribution is 0.0399. The van der Waals surface area contributed by atoms with E-state index in [4.69, 9.17) is 11.6 Å². The summed E-state index contributed by atoms with van der Waals surface area (Å²) >= 11 is 8.08. The van der Waals surface area contributed by atoms with Gasteiger partial charge < -0.3 is 9.80 Å². The minimum atomic E-state index is 0.0951. The summed E-state index contributed by atoms with van der Waals surface area (Å²) in [6, 6.07) is 5.90. The van der Waals surface area contributed by atoms with Crippen molar-refractivity contribution in [3.05, 3.63) is 32.4 Å². The van der Waals surface area contributed by atoms with Crippen LogP contribution in [0.2, 0.25) is 5.02 Å². The molecular weight excluding hydrogens is 351 g/mol. The first-order valence-electron chi connectivity index (χ1n) is 5.40. The van der Waals surface area contributed by atoms with Gasteiger partial charge in [-0.2, -0.15) is 0 Å². The Kier molecular flexibility index (Phi) is 3.95. The Balaban J connectivity index is 2.04. The van der Waals surface area contributed by atoms with Crippen LogP contribution in [0.15, 0.2) is 18.2 Å². The molecule has 0 N–H and O–H groups in total. The lowest BCUT2D eigenvalue weighted by Crippen LogP contribution is -2.59. The summed E-state index contributed by atoms with van der Waals surface area (Å²) in [5.74, 6) is 0.0951. The molecule has 3 nitrogen and oxygen atoms in total. The van der Waals surface area contributed by atoms with Crippen LogP contribution >= 0.6 is 34.2 Å². The molecule has 0 atom stereocenters. The Hall–Kier alpha value is -0.330. The number of carbonyl (C=O) groups is 1. The lowest BCUT2D eigenvalue weighted by Gasteiger charge is -2.42. The number of hydrogen-bond donors (Lipinski definition) is 0. The van der Waals surface area contributed by atoms with Crippen LogP contribution in [0.25, 0.3) is 0 Å². The predicted octanol–water partition coefficient (Wildman–Crippen LogP) is 2.33. The average Bonchev–Trinajstić information content (AvgIpc) is 2.19. The molecule has 5 heteroatoms. The predicted molar refractivity (Wildman–Crippen MR) is 77.5 cm³/mol. The molecule has 1 aliphatic heterocycles. The van der Waals surface area contributed by atoms with Crippen LogP contribution in [0, 0.1) is 3.57 Å². The molecule has 0 aromatic heterocycles. The molecule has 1 heterocycles. The van der Waals surface area contributed by atoms with Gasteiger partial charge in [0.15, 0.2) is 0 Å². The molecule has 0 aliphatic carbocycles. The van der Waals surface area contributed by atoms with E-state index in [-0.39, 0.29) is 5.91 Å². The van der Waals surface area contributed by atoms with Gasteiger partial charge in [-0.05, 0) is 54.9 Å². The standard InChI is InChI=1S/C12H14ClIN2O/c1-15(2)9-6-16(7-9)12(17)8-3-4-10(13)11(14)5-8/h3-5,9H,6-7H2,1-2H3. The zero-order valence-electron chi connectivity index (χ0n) is 9.78. The van der Waals surface area contributed by atoms with E-state index in [2.05, 4.69) is 27.5 Å². The molecule has 1 aliphatic rings. The number of hydrogen-bond acceptors (Lipinski definition) is 2. The third kappa shape index (κ3) is 2.74. The van der Waals surface area contributed by atoms with Gasteiger partial charge in [-0.25, -0.2) is 0 Å². The van der Waals surface area contributed by atoms with Crippen LogP contribution in [0.5, 0.6) is 0 Å². The quantitative estimate of drug-likeness (QED) is 0.752. The minimum absolute atomic E-state index is 0.0951. The van der Waals surface area contributed by atoms with Crippen molar-refractivity contribution in [1.82, 2.24) is 9.80 Å². The molecule has 0 bridgehead atoms. The second-order valence-electron chi connectivity index (χ2n) is 4.46. The Bertz CT molecular complexity index is 444. The van der Waals surface area contributed by atoms with Crippen molar-refractivity contribution in [3.63, 3.8) is 0 Å². The smallest absolute Gasteiger partial charge is 0.254 e. The van der Waals surface area contributed by atoms with Crippen molar-refractivity contribution in [2.24, 2.45) is 0 Å². The van der Waals surface area contributed by atoms with Crippen LogP contribution in [0.3, 0.4) is 0 Å². The number of rotatable bonds is 2. The molecule has 0 spiro atoms. The lowest BCUT2D eigenvalue weighted by atomic mass is 10.1. The number of benzene rings is 1. The first kappa shape index (κ1) is 13.1. The van der Waals surface area contributed by atoms with Crippen molar-refractivity contribution in [2.75, 3.05) is 27.2 Å². The van der Waals surface area contributed by atoms with Crippen LogP contribution in [-0.2, 0) is 0 Å². The highest BCUT2D eigenvalue weighted by Gasteiger charge is 2.32. The van der Waals surface area contributed by atoms with Gasteiger partial charge >= 0.3 is 0 Å². The largest absolute Gasteiger partial charge is 0.335 e. The zero-order valence-corrected chi connectivity index (χ0v) is 12.7. The number of halogens is 2. The van der Waals surface area contributed by atoms with Gasteiger partial charge in [0.25, 0.3) is 5.91 Å². The van der Waals surface area contributed by atoms with Crippen LogP contribution in [0.4, 0.5) is 0 Å². The maximum atomic E-state index is 12.1. The van der Waals surface area contributed by atoms with Crippen molar-refractivity contribution in [3.8, 4) is 0 Å². The Morgan fingerprint density at radius 2 is 2.12 bits per heavy atom. The van der Waals surface area contributed by atoms with Crippen molar-refractivity contribution in [1.29, 1.82) is 0 Å². The van der Waals surface area contributed by atoms with E-state index in [0.29, 0.717) is 11.1 Å². The summed E-state index contributed by atoms with van der Waals surface area (Å²) in [5, 5.41) is 0.692.